The maximum Gasteiger partial charge on any atom is 0.257 e. The van der Waals surface area contributed by atoms with Gasteiger partial charge in [0.1, 0.15) is 5.58 Å². The lowest BCUT2D eigenvalue weighted by Crippen LogP contribution is -2.25. The molecule has 3 rings (SSSR count). The van der Waals surface area contributed by atoms with Gasteiger partial charge < -0.3 is 4.42 Å². The van der Waals surface area contributed by atoms with Gasteiger partial charge in [0, 0.05) is 41.7 Å². The highest BCUT2D eigenvalue weighted by molar-refractivity contribution is 9.10. The van der Waals surface area contributed by atoms with Crippen LogP contribution in [0.25, 0.3) is 16.9 Å². The first-order valence-corrected chi connectivity index (χ1v) is 10.7. The number of benzene rings is 1. The number of hydrogen-bond acceptors (Lipinski definition) is 5. The van der Waals surface area contributed by atoms with Crippen molar-refractivity contribution in [2.75, 3.05) is 17.6 Å². The number of pyridine rings is 1. The van der Waals surface area contributed by atoms with E-state index in [0.29, 0.717) is 21.1 Å². The highest BCUT2D eigenvalue weighted by Crippen LogP contribution is 2.37. The largest absolute Gasteiger partial charge is 0.439 e. The monoisotopic (exact) mass is 452 g/mol. The average Bonchev–Trinajstić information content (AvgIpc) is 2.97. The van der Waals surface area contributed by atoms with Crippen LogP contribution in [0, 0.1) is 0 Å². The van der Waals surface area contributed by atoms with Crippen molar-refractivity contribution in [1.29, 1.82) is 0 Å². The van der Waals surface area contributed by atoms with Gasteiger partial charge in [-0.05, 0) is 28.1 Å². The van der Waals surface area contributed by atoms with Crippen LogP contribution in [0.5, 0.6) is 0 Å². The third kappa shape index (κ3) is 3.44. The van der Waals surface area contributed by atoms with Gasteiger partial charge in [-0.1, -0.05) is 13.0 Å². The van der Waals surface area contributed by atoms with Gasteiger partial charge in [0.15, 0.2) is 5.78 Å². The molecule has 0 spiro atoms. The molecule has 0 bridgehead atoms. The van der Waals surface area contributed by atoms with Crippen molar-refractivity contribution in [2.45, 2.75) is 13.3 Å². The first-order chi connectivity index (χ1) is 12.6. The fraction of sp³-hybridized carbons (Fsp3) is 0.222. The van der Waals surface area contributed by atoms with Gasteiger partial charge >= 0.3 is 0 Å². The fourth-order valence-electron chi connectivity index (χ4n) is 2.72. The van der Waals surface area contributed by atoms with Crippen LogP contribution < -0.4 is 9.86 Å². The maximum absolute atomic E-state index is 12.6. The van der Waals surface area contributed by atoms with E-state index in [-0.39, 0.29) is 29.2 Å². The van der Waals surface area contributed by atoms with E-state index in [2.05, 4.69) is 15.9 Å². The summed E-state index contributed by atoms with van der Waals surface area (Å²) in [5, 5.41) is 0.505. The van der Waals surface area contributed by atoms with Crippen LogP contribution in [-0.2, 0) is 10.0 Å². The van der Waals surface area contributed by atoms with E-state index in [4.69, 9.17) is 4.42 Å². The first kappa shape index (κ1) is 19.4. The molecule has 0 aliphatic carbocycles. The van der Waals surface area contributed by atoms with E-state index in [1.54, 1.807) is 25.1 Å². The number of rotatable bonds is 5. The lowest BCUT2D eigenvalue weighted by atomic mass is 10.1. The Hall–Kier alpha value is -2.39. The Morgan fingerprint density at radius 1 is 1.30 bits per heavy atom. The Balaban J connectivity index is 2.37. The molecule has 1 aromatic carbocycles. The molecule has 7 nitrogen and oxygen atoms in total. The number of carbonyl (C=O) groups excluding carboxylic acids is 1. The summed E-state index contributed by atoms with van der Waals surface area (Å²) in [5.41, 5.74) is 0.622. The SMILES string of the molecule is CCC(=O)c1c(-n2ccccc2=O)oc2cc(N(C)S(C)(=O)=O)c(Br)cc12. The summed E-state index contributed by atoms with van der Waals surface area (Å²) < 4.78 is 32.5. The molecule has 0 aliphatic heterocycles. The smallest absolute Gasteiger partial charge is 0.257 e. The number of Topliss-reactive ketones (excluding diaryl/α,β-unsaturated/α-hetero) is 1. The molecule has 142 valence electrons. The summed E-state index contributed by atoms with van der Waals surface area (Å²) in [6.07, 6.45) is 2.84. The molecular formula is C18H17BrN2O5S. The predicted octanol–water partition coefficient (Wildman–Crippen LogP) is 3.33. The number of ketones is 1. The number of hydrogen-bond donors (Lipinski definition) is 0. The minimum atomic E-state index is -3.49. The summed E-state index contributed by atoms with van der Waals surface area (Å²) in [6, 6.07) is 7.79. The number of nitrogens with zero attached hydrogens (tertiary/aromatic N) is 2. The topological polar surface area (TPSA) is 89.6 Å². The van der Waals surface area contributed by atoms with E-state index in [0.717, 1.165) is 10.6 Å². The normalized spacial score (nSPS) is 11.7. The third-order valence-electron chi connectivity index (χ3n) is 4.22. The number of sulfonamides is 1. The van der Waals surface area contributed by atoms with Crippen molar-refractivity contribution in [1.82, 2.24) is 4.57 Å². The highest BCUT2D eigenvalue weighted by atomic mass is 79.9. The van der Waals surface area contributed by atoms with E-state index < -0.39 is 10.0 Å². The molecule has 0 radical (unpaired) electrons. The second-order valence-electron chi connectivity index (χ2n) is 6.00. The van der Waals surface area contributed by atoms with Gasteiger partial charge in [-0.2, -0.15) is 0 Å². The van der Waals surface area contributed by atoms with Crippen molar-refractivity contribution >= 4 is 48.4 Å². The van der Waals surface area contributed by atoms with Crippen LogP contribution in [0.1, 0.15) is 23.7 Å². The second kappa shape index (κ2) is 6.97. The zero-order chi connectivity index (χ0) is 19.9. The molecule has 0 amide bonds. The van der Waals surface area contributed by atoms with Crippen molar-refractivity contribution in [3.8, 4) is 5.88 Å². The molecule has 27 heavy (non-hydrogen) atoms. The Labute approximate surface area is 164 Å². The standard InChI is InChI=1S/C18H17BrN2O5S/c1-4-14(22)17-11-9-12(19)13(20(2)27(3,24)25)10-15(11)26-18(17)21-8-6-5-7-16(21)23/h5-10H,4H2,1-3H3. The molecule has 2 aromatic heterocycles. The van der Waals surface area contributed by atoms with Crippen molar-refractivity contribution < 1.29 is 17.6 Å². The fourth-order valence-corrected chi connectivity index (χ4v) is 3.96. The van der Waals surface area contributed by atoms with Crippen LogP contribution in [0.3, 0.4) is 0 Å². The Morgan fingerprint density at radius 2 is 2.00 bits per heavy atom. The van der Waals surface area contributed by atoms with E-state index >= 15 is 0 Å². The lowest BCUT2D eigenvalue weighted by Gasteiger charge is -2.18. The van der Waals surface area contributed by atoms with Crippen LogP contribution in [-0.4, -0.2) is 32.1 Å². The first-order valence-electron chi connectivity index (χ1n) is 8.06. The van der Waals surface area contributed by atoms with Crippen molar-refractivity contribution in [3.63, 3.8) is 0 Å². The summed E-state index contributed by atoms with van der Waals surface area (Å²) in [5.74, 6) is -0.0656. The Morgan fingerprint density at radius 3 is 2.59 bits per heavy atom. The van der Waals surface area contributed by atoms with Gasteiger partial charge in [0.05, 0.1) is 17.5 Å². The minimum Gasteiger partial charge on any atom is -0.439 e. The van der Waals surface area contributed by atoms with Gasteiger partial charge in [0.2, 0.25) is 15.9 Å². The van der Waals surface area contributed by atoms with Gasteiger partial charge in [-0.15, -0.1) is 0 Å². The second-order valence-corrected chi connectivity index (χ2v) is 8.87. The zero-order valence-electron chi connectivity index (χ0n) is 14.9. The average molecular weight is 453 g/mol. The predicted molar refractivity (Wildman–Crippen MR) is 107 cm³/mol. The molecule has 0 aliphatic rings. The number of aromatic nitrogens is 1. The molecule has 0 unspecified atom stereocenters. The molecule has 0 atom stereocenters. The summed E-state index contributed by atoms with van der Waals surface area (Å²) >= 11 is 3.37. The van der Waals surface area contributed by atoms with Crippen LogP contribution in [0.4, 0.5) is 5.69 Å². The Kier molecular flexibility index (Phi) is 5.00. The third-order valence-corrected chi connectivity index (χ3v) is 6.04. The van der Waals surface area contributed by atoms with E-state index in [9.17, 15) is 18.0 Å². The van der Waals surface area contributed by atoms with E-state index in [1.807, 2.05) is 0 Å². The number of fused-ring (bicyclic) bond motifs is 1. The zero-order valence-corrected chi connectivity index (χ0v) is 17.3. The van der Waals surface area contributed by atoms with Crippen molar-refractivity contribution in [2.24, 2.45) is 0 Å². The number of anilines is 1. The van der Waals surface area contributed by atoms with E-state index in [1.165, 1.54) is 29.9 Å². The molecule has 0 N–H and O–H groups in total. The summed E-state index contributed by atoms with van der Waals surface area (Å²) in [7, 11) is -2.07. The van der Waals surface area contributed by atoms with Gasteiger partial charge in [-0.25, -0.2) is 8.42 Å². The van der Waals surface area contributed by atoms with Crippen LogP contribution >= 0.6 is 15.9 Å². The molecule has 0 fully saturated rings. The molecule has 9 heteroatoms. The molecule has 3 aromatic rings. The molecule has 2 heterocycles. The van der Waals surface area contributed by atoms with Crippen LogP contribution in [0.15, 0.2) is 50.2 Å². The van der Waals surface area contributed by atoms with Crippen LogP contribution in [0.2, 0.25) is 0 Å². The minimum absolute atomic E-state index is 0.119. The van der Waals surface area contributed by atoms with Gasteiger partial charge in [-0.3, -0.25) is 18.5 Å². The maximum atomic E-state index is 12.6. The number of furan rings is 1. The number of carbonyl (C=O) groups is 1. The summed E-state index contributed by atoms with van der Waals surface area (Å²) in [4.78, 5) is 24.8. The highest BCUT2D eigenvalue weighted by Gasteiger charge is 2.24. The van der Waals surface area contributed by atoms with Crippen molar-refractivity contribution in [3.05, 3.63) is 56.9 Å². The van der Waals surface area contributed by atoms with Gasteiger partial charge in [0.25, 0.3) is 5.56 Å². The molecule has 0 saturated heterocycles. The quantitative estimate of drug-likeness (QED) is 0.553. The molecular weight excluding hydrogens is 436 g/mol. The Bertz CT molecular complexity index is 1210. The number of halogens is 1. The molecule has 0 saturated carbocycles. The summed E-state index contributed by atoms with van der Waals surface area (Å²) in [6.45, 7) is 1.72. The lowest BCUT2D eigenvalue weighted by molar-refractivity contribution is 0.0989.